The monoisotopic (exact) mass is 348 g/mol. The van der Waals surface area contributed by atoms with E-state index in [9.17, 15) is 14.4 Å². The Hall–Kier alpha value is -1.95. The molecule has 6 heteroatoms. The average molecular weight is 348 g/mol. The van der Waals surface area contributed by atoms with Crippen LogP contribution < -0.4 is 0 Å². The summed E-state index contributed by atoms with van der Waals surface area (Å²) < 4.78 is 11.2. The minimum Gasteiger partial charge on any atom is -0.485 e. The molecule has 1 aliphatic heterocycles. The Morgan fingerprint density at radius 3 is 2.46 bits per heavy atom. The summed E-state index contributed by atoms with van der Waals surface area (Å²) in [5.41, 5.74) is 0.819. The second-order valence-electron chi connectivity index (χ2n) is 6.12. The number of ether oxygens (including phenoxy) is 2. The van der Waals surface area contributed by atoms with E-state index >= 15 is 0 Å². The molecule has 1 aromatic rings. The van der Waals surface area contributed by atoms with Crippen LogP contribution in [-0.4, -0.2) is 29.7 Å². The molecular formula is C18H20O5S. The molecule has 0 aromatic carbocycles. The van der Waals surface area contributed by atoms with Gasteiger partial charge in [-0.1, -0.05) is 13.8 Å². The number of Topliss-reactive ketones (excluding diaryl/α,β-unsaturated/α-hetero) is 2. The molecule has 0 radical (unpaired) electrons. The Balaban J connectivity index is 2.14. The van der Waals surface area contributed by atoms with Crippen molar-refractivity contribution in [3.8, 4) is 0 Å². The van der Waals surface area contributed by atoms with Crippen LogP contribution in [0.3, 0.4) is 0 Å². The lowest BCUT2D eigenvalue weighted by atomic mass is 9.85. The highest BCUT2D eigenvalue weighted by Gasteiger charge is 2.48. The summed E-state index contributed by atoms with van der Waals surface area (Å²) in [6, 6.07) is 0. The lowest BCUT2D eigenvalue weighted by Crippen LogP contribution is -2.27. The van der Waals surface area contributed by atoms with Gasteiger partial charge in [-0.3, -0.25) is 9.59 Å². The number of esters is 1. The molecule has 1 aromatic heterocycles. The van der Waals surface area contributed by atoms with Gasteiger partial charge in [0.1, 0.15) is 16.2 Å². The van der Waals surface area contributed by atoms with Gasteiger partial charge in [-0.05, 0) is 32.3 Å². The van der Waals surface area contributed by atoms with Crippen LogP contribution >= 0.6 is 11.3 Å². The Bertz CT molecular complexity index is 780. The number of hydrogen-bond acceptors (Lipinski definition) is 6. The normalized spacial score (nSPS) is 18.3. The van der Waals surface area contributed by atoms with Gasteiger partial charge in [-0.15, -0.1) is 11.3 Å². The van der Waals surface area contributed by atoms with Crippen LogP contribution in [0, 0.1) is 6.92 Å². The fourth-order valence-corrected chi connectivity index (χ4v) is 4.52. The molecule has 24 heavy (non-hydrogen) atoms. The summed E-state index contributed by atoms with van der Waals surface area (Å²) in [7, 11) is 0. The first-order valence-electron chi connectivity index (χ1n) is 8.21. The van der Waals surface area contributed by atoms with E-state index in [-0.39, 0.29) is 6.61 Å². The highest BCUT2D eigenvalue weighted by atomic mass is 32.1. The van der Waals surface area contributed by atoms with E-state index in [0.29, 0.717) is 38.6 Å². The maximum atomic E-state index is 12.6. The SMILES string of the molecule is CCOC(=O)c1sc2c(c1C)C(=O)C(=O)C1=C2OC(CC)(CC)C1. The van der Waals surface area contributed by atoms with Crippen molar-refractivity contribution in [1.29, 1.82) is 0 Å². The van der Waals surface area contributed by atoms with E-state index in [2.05, 4.69) is 0 Å². The fourth-order valence-electron chi connectivity index (χ4n) is 3.32. The van der Waals surface area contributed by atoms with Crippen molar-refractivity contribution in [1.82, 2.24) is 0 Å². The fraction of sp³-hybridized carbons (Fsp3) is 0.500. The number of ketones is 2. The molecule has 0 bridgehead atoms. The molecule has 3 rings (SSSR count). The van der Waals surface area contributed by atoms with E-state index in [1.165, 1.54) is 11.3 Å². The van der Waals surface area contributed by atoms with Crippen LogP contribution in [0.2, 0.25) is 0 Å². The molecule has 5 nitrogen and oxygen atoms in total. The molecule has 1 aliphatic carbocycles. The summed E-state index contributed by atoms with van der Waals surface area (Å²) in [5.74, 6) is -1.02. The van der Waals surface area contributed by atoms with Crippen LogP contribution in [0.15, 0.2) is 5.57 Å². The molecule has 0 unspecified atom stereocenters. The molecule has 0 atom stereocenters. The quantitative estimate of drug-likeness (QED) is 0.613. The van der Waals surface area contributed by atoms with Gasteiger partial charge in [0, 0.05) is 6.42 Å². The number of carbonyl (C=O) groups is 3. The van der Waals surface area contributed by atoms with E-state index in [4.69, 9.17) is 9.47 Å². The molecule has 0 fully saturated rings. The van der Waals surface area contributed by atoms with Crippen molar-refractivity contribution in [3.05, 3.63) is 26.5 Å². The third kappa shape index (κ3) is 2.24. The first-order valence-corrected chi connectivity index (χ1v) is 9.02. The summed E-state index contributed by atoms with van der Waals surface area (Å²) in [5, 5.41) is 0. The number of thiophene rings is 1. The first-order chi connectivity index (χ1) is 11.4. The van der Waals surface area contributed by atoms with Gasteiger partial charge in [0.15, 0.2) is 0 Å². The van der Waals surface area contributed by atoms with E-state index in [1.54, 1.807) is 13.8 Å². The lowest BCUT2D eigenvalue weighted by molar-refractivity contribution is -0.112. The average Bonchev–Trinajstić information content (AvgIpc) is 3.12. The van der Waals surface area contributed by atoms with Gasteiger partial charge < -0.3 is 9.47 Å². The van der Waals surface area contributed by atoms with E-state index in [1.807, 2.05) is 13.8 Å². The van der Waals surface area contributed by atoms with Gasteiger partial charge >= 0.3 is 5.97 Å². The van der Waals surface area contributed by atoms with Gasteiger partial charge in [-0.2, -0.15) is 0 Å². The summed E-state index contributed by atoms with van der Waals surface area (Å²) in [6.07, 6.45) is 1.95. The smallest absolute Gasteiger partial charge is 0.348 e. The topological polar surface area (TPSA) is 69.7 Å². The molecule has 0 spiro atoms. The van der Waals surface area contributed by atoms with Crippen molar-refractivity contribution in [2.45, 2.75) is 52.6 Å². The lowest BCUT2D eigenvalue weighted by Gasteiger charge is -2.27. The van der Waals surface area contributed by atoms with E-state index < -0.39 is 23.1 Å². The third-order valence-corrected chi connectivity index (χ3v) is 6.17. The van der Waals surface area contributed by atoms with Crippen molar-refractivity contribution >= 4 is 34.6 Å². The van der Waals surface area contributed by atoms with Gasteiger partial charge in [0.25, 0.3) is 0 Å². The van der Waals surface area contributed by atoms with Gasteiger partial charge in [-0.25, -0.2) is 4.79 Å². The van der Waals surface area contributed by atoms with Crippen LogP contribution in [0.1, 0.15) is 70.5 Å². The molecule has 0 amide bonds. The highest BCUT2D eigenvalue weighted by Crippen LogP contribution is 2.49. The second-order valence-corrected chi connectivity index (χ2v) is 7.14. The largest absolute Gasteiger partial charge is 0.485 e. The molecule has 0 saturated heterocycles. The zero-order valence-electron chi connectivity index (χ0n) is 14.3. The molecule has 128 valence electrons. The molecule has 0 saturated carbocycles. The number of carbonyl (C=O) groups excluding carboxylic acids is 3. The predicted molar refractivity (Wildman–Crippen MR) is 90.3 cm³/mol. The van der Waals surface area contributed by atoms with Crippen LogP contribution in [-0.2, 0) is 14.3 Å². The minimum absolute atomic E-state index is 0.257. The summed E-state index contributed by atoms with van der Waals surface area (Å²) in [4.78, 5) is 38.2. The Labute approximate surface area is 144 Å². The van der Waals surface area contributed by atoms with Crippen molar-refractivity contribution in [2.75, 3.05) is 6.61 Å². The number of rotatable bonds is 4. The van der Waals surface area contributed by atoms with Gasteiger partial charge in [0.2, 0.25) is 11.6 Å². The maximum absolute atomic E-state index is 12.6. The zero-order valence-corrected chi connectivity index (χ0v) is 15.1. The van der Waals surface area contributed by atoms with Crippen LogP contribution in [0.5, 0.6) is 0 Å². The predicted octanol–water partition coefficient (Wildman–Crippen LogP) is 3.69. The summed E-state index contributed by atoms with van der Waals surface area (Å²) in [6.45, 7) is 7.69. The summed E-state index contributed by atoms with van der Waals surface area (Å²) >= 11 is 1.18. The number of hydrogen-bond donors (Lipinski definition) is 0. The van der Waals surface area contributed by atoms with Crippen molar-refractivity contribution in [3.63, 3.8) is 0 Å². The highest BCUT2D eigenvalue weighted by molar-refractivity contribution is 7.16. The first kappa shape index (κ1) is 16.9. The molecule has 0 N–H and O–H groups in total. The Morgan fingerprint density at radius 1 is 1.21 bits per heavy atom. The van der Waals surface area contributed by atoms with E-state index in [0.717, 1.165) is 12.8 Å². The minimum atomic E-state index is -0.542. The Morgan fingerprint density at radius 2 is 1.88 bits per heavy atom. The second kappa shape index (κ2) is 5.84. The standard InChI is InChI=1S/C18H20O5S/c1-5-18(6-2)8-10-12(19)13(20)11-9(4)15(17(21)22-7-3)24-16(11)14(10)23-18/h5-8H2,1-4H3. The zero-order chi connectivity index (χ0) is 17.6. The van der Waals surface area contributed by atoms with Crippen LogP contribution in [0.4, 0.5) is 0 Å². The van der Waals surface area contributed by atoms with Crippen molar-refractivity contribution < 1.29 is 23.9 Å². The maximum Gasteiger partial charge on any atom is 0.348 e. The number of fused-ring (bicyclic) bond motifs is 2. The molecular weight excluding hydrogens is 328 g/mol. The Kier molecular flexibility index (Phi) is 4.11. The third-order valence-electron chi connectivity index (χ3n) is 4.90. The van der Waals surface area contributed by atoms with Crippen molar-refractivity contribution in [2.24, 2.45) is 0 Å². The molecule has 2 heterocycles. The van der Waals surface area contributed by atoms with Gasteiger partial charge in [0.05, 0.1) is 22.6 Å². The molecule has 2 aliphatic rings. The van der Waals surface area contributed by atoms with Crippen LogP contribution in [0.25, 0.3) is 5.76 Å².